The number of furan rings is 1. The number of hydrogen-bond donors (Lipinski definition) is 2. The van der Waals surface area contributed by atoms with E-state index < -0.39 is 0 Å². The number of hydrogen-bond acceptors (Lipinski definition) is 5. The Morgan fingerprint density at radius 3 is 2.59 bits per heavy atom. The molecule has 6 nitrogen and oxygen atoms in total. The maximum atomic E-state index is 5.72. The Balaban J connectivity index is 1.38. The first-order valence-electron chi connectivity index (χ1n) is 9.46. The number of rotatable bonds is 7. The third-order valence-electron chi connectivity index (χ3n) is 4.95. The quantitative estimate of drug-likeness (QED) is 0.673. The van der Waals surface area contributed by atoms with Gasteiger partial charge in [0, 0.05) is 38.3 Å². The molecule has 2 aromatic heterocycles. The fourth-order valence-electron chi connectivity index (χ4n) is 3.44. The molecule has 0 bridgehead atoms. The monoisotopic (exact) mass is 366 g/mol. The predicted molar refractivity (Wildman–Crippen MR) is 104 cm³/mol. The van der Waals surface area contributed by atoms with Crippen LogP contribution in [0.25, 0.3) is 11.5 Å². The van der Waals surface area contributed by atoms with Crippen molar-refractivity contribution in [2.45, 2.75) is 26.6 Å². The van der Waals surface area contributed by atoms with Crippen molar-refractivity contribution in [2.75, 3.05) is 26.3 Å². The highest BCUT2D eigenvalue weighted by molar-refractivity contribution is 5.56. The molecule has 0 aliphatic carbocycles. The van der Waals surface area contributed by atoms with Gasteiger partial charge in [0.05, 0.1) is 19.4 Å². The molecule has 27 heavy (non-hydrogen) atoms. The summed E-state index contributed by atoms with van der Waals surface area (Å²) in [7, 11) is 0. The second-order valence-electron chi connectivity index (χ2n) is 6.94. The third-order valence-corrected chi connectivity index (χ3v) is 4.95. The highest BCUT2D eigenvalue weighted by Crippen LogP contribution is 2.23. The Bertz CT molecular complexity index is 864. The van der Waals surface area contributed by atoms with E-state index in [9.17, 15) is 0 Å². The average Bonchev–Trinajstić information content (AvgIpc) is 3.33. The summed E-state index contributed by atoms with van der Waals surface area (Å²) in [4.78, 5) is 2.45. The van der Waals surface area contributed by atoms with E-state index in [1.54, 1.807) is 0 Å². The topological polar surface area (TPSA) is 66.3 Å². The average molecular weight is 366 g/mol. The molecular formula is C21H26N4O2. The second kappa shape index (κ2) is 8.52. The van der Waals surface area contributed by atoms with E-state index in [0.29, 0.717) is 0 Å². The molecule has 3 heterocycles. The third kappa shape index (κ3) is 4.47. The van der Waals surface area contributed by atoms with E-state index >= 15 is 0 Å². The molecule has 0 amide bonds. The highest BCUT2D eigenvalue weighted by Gasteiger charge is 2.13. The van der Waals surface area contributed by atoms with E-state index in [1.807, 2.05) is 25.3 Å². The van der Waals surface area contributed by atoms with Gasteiger partial charge < -0.3 is 14.5 Å². The molecule has 1 aliphatic rings. The lowest BCUT2D eigenvalue weighted by Crippen LogP contribution is -2.36. The van der Waals surface area contributed by atoms with Crippen molar-refractivity contribution in [3.05, 3.63) is 65.0 Å². The van der Waals surface area contributed by atoms with E-state index in [4.69, 9.17) is 9.15 Å². The van der Waals surface area contributed by atoms with Crippen molar-refractivity contribution in [2.24, 2.45) is 0 Å². The lowest BCUT2D eigenvalue weighted by atomic mass is 10.1. The minimum Gasteiger partial charge on any atom is -0.460 e. The number of ether oxygens (including phenoxy) is 1. The fraction of sp³-hybridized carbons (Fsp3) is 0.381. The molecular weight excluding hydrogens is 340 g/mol. The van der Waals surface area contributed by atoms with Gasteiger partial charge in [0.15, 0.2) is 5.76 Å². The van der Waals surface area contributed by atoms with Crippen LogP contribution in [-0.4, -0.2) is 41.4 Å². The van der Waals surface area contributed by atoms with Crippen molar-refractivity contribution in [3.8, 4) is 11.5 Å². The van der Waals surface area contributed by atoms with Gasteiger partial charge in [-0.25, -0.2) is 0 Å². The van der Waals surface area contributed by atoms with E-state index in [0.717, 1.165) is 68.7 Å². The molecule has 3 aromatic rings. The van der Waals surface area contributed by atoms with Crippen LogP contribution in [0.5, 0.6) is 0 Å². The number of aromatic nitrogens is 2. The highest BCUT2D eigenvalue weighted by atomic mass is 16.5. The molecule has 1 fully saturated rings. The molecule has 0 saturated carbocycles. The molecule has 1 aliphatic heterocycles. The minimum atomic E-state index is 0.734. The number of aromatic amines is 1. The number of morpholine rings is 1. The SMILES string of the molecule is Cc1ccc(-c2[nH]ncc2CNCc2ccccc2CN2CCOCC2)o1. The summed E-state index contributed by atoms with van der Waals surface area (Å²) in [5.41, 5.74) is 4.76. The Hall–Kier alpha value is -2.41. The van der Waals surface area contributed by atoms with Crippen LogP contribution in [0.3, 0.4) is 0 Å². The zero-order chi connectivity index (χ0) is 18.5. The molecule has 0 atom stereocenters. The van der Waals surface area contributed by atoms with Gasteiger partial charge in [-0.1, -0.05) is 24.3 Å². The number of nitrogens with one attached hydrogen (secondary N) is 2. The Morgan fingerprint density at radius 2 is 1.81 bits per heavy atom. The van der Waals surface area contributed by atoms with Crippen LogP contribution in [0.15, 0.2) is 47.0 Å². The van der Waals surface area contributed by atoms with Crippen LogP contribution < -0.4 is 5.32 Å². The fourth-order valence-corrected chi connectivity index (χ4v) is 3.44. The Morgan fingerprint density at radius 1 is 1.04 bits per heavy atom. The van der Waals surface area contributed by atoms with Gasteiger partial charge in [-0.05, 0) is 30.2 Å². The van der Waals surface area contributed by atoms with Crippen LogP contribution >= 0.6 is 0 Å². The van der Waals surface area contributed by atoms with Gasteiger partial charge in [-0.15, -0.1) is 0 Å². The molecule has 6 heteroatoms. The summed E-state index contributed by atoms with van der Waals surface area (Å²) >= 11 is 0. The van der Waals surface area contributed by atoms with E-state index in [1.165, 1.54) is 11.1 Å². The van der Waals surface area contributed by atoms with Gasteiger partial charge >= 0.3 is 0 Å². The maximum Gasteiger partial charge on any atom is 0.152 e. The molecule has 0 radical (unpaired) electrons. The molecule has 1 aromatic carbocycles. The number of H-pyrrole nitrogens is 1. The zero-order valence-electron chi connectivity index (χ0n) is 15.7. The number of benzene rings is 1. The molecule has 1 saturated heterocycles. The van der Waals surface area contributed by atoms with Crippen LogP contribution in [0.2, 0.25) is 0 Å². The summed E-state index contributed by atoms with van der Waals surface area (Å²) in [6.45, 7) is 8.14. The van der Waals surface area contributed by atoms with E-state index in [-0.39, 0.29) is 0 Å². The summed E-state index contributed by atoms with van der Waals surface area (Å²) < 4.78 is 11.2. The molecule has 4 rings (SSSR count). The summed E-state index contributed by atoms with van der Waals surface area (Å²) in [5, 5.41) is 10.8. The van der Waals surface area contributed by atoms with Crippen molar-refractivity contribution in [1.29, 1.82) is 0 Å². The largest absolute Gasteiger partial charge is 0.460 e. The molecule has 142 valence electrons. The molecule has 0 unspecified atom stereocenters. The summed E-state index contributed by atoms with van der Waals surface area (Å²) in [6.07, 6.45) is 1.86. The van der Waals surface area contributed by atoms with E-state index in [2.05, 4.69) is 44.7 Å². The van der Waals surface area contributed by atoms with Crippen molar-refractivity contribution in [3.63, 3.8) is 0 Å². The predicted octanol–water partition coefficient (Wildman–Crippen LogP) is 3.10. The molecule has 2 N–H and O–H groups in total. The smallest absolute Gasteiger partial charge is 0.152 e. The summed E-state index contributed by atoms with van der Waals surface area (Å²) in [5.74, 6) is 1.73. The Kier molecular flexibility index (Phi) is 5.67. The minimum absolute atomic E-state index is 0.734. The van der Waals surface area contributed by atoms with Gasteiger partial charge in [0.25, 0.3) is 0 Å². The zero-order valence-corrected chi connectivity index (χ0v) is 15.7. The summed E-state index contributed by atoms with van der Waals surface area (Å²) in [6, 6.07) is 12.6. The van der Waals surface area contributed by atoms with Crippen LogP contribution in [0, 0.1) is 6.92 Å². The number of aryl methyl sites for hydroxylation is 1. The first kappa shape index (κ1) is 18.0. The van der Waals surface area contributed by atoms with Gasteiger partial charge in [-0.2, -0.15) is 5.10 Å². The lowest BCUT2D eigenvalue weighted by molar-refractivity contribution is 0.0340. The first-order valence-corrected chi connectivity index (χ1v) is 9.46. The van der Waals surface area contributed by atoms with Gasteiger partial charge in [0.2, 0.25) is 0 Å². The van der Waals surface area contributed by atoms with Gasteiger partial charge in [0.1, 0.15) is 11.5 Å². The van der Waals surface area contributed by atoms with Crippen molar-refractivity contribution < 1.29 is 9.15 Å². The number of nitrogens with zero attached hydrogens (tertiary/aromatic N) is 2. The van der Waals surface area contributed by atoms with Crippen LogP contribution in [-0.2, 0) is 24.4 Å². The second-order valence-corrected chi connectivity index (χ2v) is 6.94. The van der Waals surface area contributed by atoms with Crippen molar-refractivity contribution in [1.82, 2.24) is 20.4 Å². The standard InChI is InChI=1S/C21H26N4O2/c1-16-6-7-20(27-16)21-19(14-23-24-21)13-22-12-17-4-2-3-5-18(17)15-25-8-10-26-11-9-25/h2-7,14,22H,8-13,15H2,1H3,(H,23,24). The maximum absolute atomic E-state index is 5.72. The Labute approximate surface area is 159 Å². The first-order chi connectivity index (χ1) is 13.3. The van der Waals surface area contributed by atoms with Crippen LogP contribution in [0.1, 0.15) is 22.5 Å². The van der Waals surface area contributed by atoms with Crippen LogP contribution in [0.4, 0.5) is 0 Å². The van der Waals surface area contributed by atoms with Crippen molar-refractivity contribution >= 4 is 0 Å². The molecule has 0 spiro atoms. The normalized spacial score (nSPS) is 15.3. The lowest BCUT2D eigenvalue weighted by Gasteiger charge is -2.27. The van der Waals surface area contributed by atoms with Gasteiger partial charge in [-0.3, -0.25) is 10.00 Å².